The van der Waals surface area contributed by atoms with E-state index in [1.54, 1.807) is 17.5 Å². The first-order chi connectivity index (χ1) is 9.69. The summed E-state index contributed by atoms with van der Waals surface area (Å²) in [5, 5.41) is 4.27. The second kappa shape index (κ2) is 4.92. The van der Waals surface area contributed by atoms with Crippen molar-refractivity contribution in [3.05, 3.63) is 26.9 Å². The van der Waals surface area contributed by atoms with E-state index in [0.29, 0.717) is 17.7 Å². The van der Waals surface area contributed by atoms with Gasteiger partial charge < -0.3 is 10.2 Å². The summed E-state index contributed by atoms with van der Waals surface area (Å²) in [5.41, 5.74) is 0.536. The topological polar surface area (TPSA) is 45.2 Å². The Kier molecular flexibility index (Phi) is 3.19. The molecule has 2 aliphatic heterocycles. The number of hydrogen-bond acceptors (Lipinski definition) is 4. The minimum Gasteiger partial charge on any atom is -0.346 e. The third kappa shape index (κ3) is 2.23. The van der Waals surface area contributed by atoms with Crippen molar-refractivity contribution in [2.75, 3.05) is 19.6 Å². The van der Waals surface area contributed by atoms with Crippen LogP contribution in [0.15, 0.2) is 18.3 Å². The highest BCUT2D eigenvalue weighted by atomic mass is 127. The zero-order valence-corrected chi connectivity index (χ0v) is 13.8. The average molecular weight is 399 g/mol. The highest BCUT2D eigenvalue weighted by Gasteiger charge is 2.38. The predicted octanol–water partition coefficient (Wildman–Crippen LogP) is 2.33. The van der Waals surface area contributed by atoms with Gasteiger partial charge in [-0.15, -0.1) is 11.3 Å². The molecule has 104 valence electrons. The van der Waals surface area contributed by atoms with Gasteiger partial charge in [0.1, 0.15) is 5.69 Å². The molecule has 0 saturated carbocycles. The second-order valence-electron chi connectivity index (χ2n) is 5.55. The molecule has 0 aromatic carbocycles. The first-order valence-corrected chi connectivity index (χ1v) is 8.67. The molecule has 20 heavy (non-hydrogen) atoms. The van der Waals surface area contributed by atoms with Crippen molar-refractivity contribution >= 4 is 49.9 Å². The molecule has 2 aromatic rings. The highest BCUT2D eigenvalue weighted by Crippen LogP contribution is 2.29. The lowest BCUT2D eigenvalue weighted by atomic mass is 10.00. The van der Waals surface area contributed by atoms with Crippen LogP contribution in [0.3, 0.4) is 0 Å². The highest BCUT2D eigenvalue weighted by molar-refractivity contribution is 14.1. The molecule has 4 rings (SSSR count). The van der Waals surface area contributed by atoms with Crippen LogP contribution in [0.4, 0.5) is 0 Å². The van der Waals surface area contributed by atoms with Crippen LogP contribution < -0.4 is 5.32 Å². The number of carbonyl (C=O) groups is 1. The minimum absolute atomic E-state index is 0.0333. The fourth-order valence-electron chi connectivity index (χ4n) is 3.22. The third-order valence-electron chi connectivity index (χ3n) is 4.25. The molecule has 3 atom stereocenters. The zero-order valence-electron chi connectivity index (χ0n) is 10.8. The molecule has 4 heterocycles. The van der Waals surface area contributed by atoms with Crippen LogP contribution >= 0.6 is 33.9 Å². The maximum atomic E-state index is 12.3. The molecule has 1 N–H and O–H groups in total. The molecule has 2 aliphatic rings. The molecular formula is C14H14IN3OS. The van der Waals surface area contributed by atoms with Crippen LogP contribution in [-0.2, 0) is 0 Å². The monoisotopic (exact) mass is 399 g/mol. The van der Waals surface area contributed by atoms with Gasteiger partial charge in [-0.3, -0.25) is 9.78 Å². The summed E-state index contributed by atoms with van der Waals surface area (Å²) in [6.45, 7) is 3.32. The SMILES string of the molecule is O=C(NC1CN2CC[C@H]1C2)c1cc2sc(I)cc2cn1. The van der Waals surface area contributed by atoms with E-state index in [0.717, 1.165) is 23.2 Å². The maximum Gasteiger partial charge on any atom is 0.270 e. The quantitative estimate of drug-likeness (QED) is 0.789. The molecule has 1 amide bonds. The van der Waals surface area contributed by atoms with E-state index in [9.17, 15) is 4.79 Å². The number of pyridine rings is 1. The number of piperidine rings is 1. The Hall–Kier alpha value is -0.730. The lowest BCUT2D eigenvalue weighted by molar-refractivity contribution is 0.0919. The molecule has 2 bridgehead atoms. The Labute approximate surface area is 134 Å². The molecule has 2 saturated heterocycles. The van der Waals surface area contributed by atoms with E-state index < -0.39 is 0 Å². The second-order valence-corrected chi connectivity index (χ2v) is 8.52. The number of rotatable bonds is 2. The molecule has 6 heteroatoms. The van der Waals surface area contributed by atoms with Gasteiger partial charge in [-0.05, 0) is 53.6 Å². The van der Waals surface area contributed by atoms with Gasteiger partial charge in [0.05, 0.1) is 2.88 Å². The summed E-state index contributed by atoms with van der Waals surface area (Å²) in [6, 6.07) is 4.31. The van der Waals surface area contributed by atoms with Gasteiger partial charge in [-0.25, -0.2) is 0 Å². The van der Waals surface area contributed by atoms with E-state index in [4.69, 9.17) is 0 Å². The van der Waals surface area contributed by atoms with E-state index >= 15 is 0 Å². The molecule has 2 fully saturated rings. The van der Waals surface area contributed by atoms with E-state index in [1.807, 2.05) is 6.07 Å². The van der Waals surface area contributed by atoms with Gasteiger partial charge >= 0.3 is 0 Å². The van der Waals surface area contributed by atoms with Crippen LogP contribution in [-0.4, -0.2) is 41.5 Å². The molecule has 0 aliphatic carbocycles. The van der Waals surface area contributed by atoms with Crippen molar-refractivity contribution in [3.8, 4) is 0 Å². The molecule has 2 unspecified atom stereocenters. The van der Waals surface area contributed by atoms with Crippen molar-refractivity contribution in [1.82, 2.24) is 15.2 Å². The normalized spacial score (nSPS) is 28.1. The lowest BCUT2D eigenvalue weighted by Crippen LogP contribution is -2.43. The van der Waals surface area contributed by atoms with Crippen molar-refractivity contribution in [2.45, 2.75) is 12.5 Å². The summed E-state index contributed by atoms with van der Waals surface area (Å²) < 4.78 is 2.35. The number of amides is 1. The fraction of sp³-hybridized carbons (Fsp3) is 0.429. The summed E-state index contributed by atoms with van der Waals surface area (Å²) in [7, 11) is 0. The van der Waals surface area contributed by atoms with Gasteiger partial charge in [0.25, 0.3) is 5.91 Å². The van der Waals surface area contributed by atoms with Crippen LogP contribution in [0, 0.1) is 8.80 Å². The van der Waals surface area contributed by atoms with Crippen molar-refractivity contribution in [2.24, 2.45) is 5.92 Å². The molecule has 0 radical (unpaired) electrons. The first-order valence-electron chi connectivity index (χ1n) is 6.77. The Morgan fingerprint density at radius 1 is 1.45 bits per heavy atom. The Morgan fingerprint density at radius 3 is 3.10 bits per heavy atom. The number of fused-ring (bicyclic) bond motifs is 3. The van der Waals surface area contributed by atoms with Crippen LogP contribution in [0.2, 0.25) is 0 Å². The van der Waals surface area contributed by atoms with Crippen molar-refractivity contribution in [1.29, 1.82) is 0 Å². The fourth-order valence-corrected chi connectivity index (χ4v) is 5.06. The number of thiophene rings is 1. The molecule has 0 spiro atoms. The Balaban J connectivity index is 1.54. The number of halogens is 1. The minimum atomic E-state index is -0.0333. The standard InChI is InChI=1S/C14H14IN3OS/c15-13-3-9-5-16-10(4-12(9)20-13)14(19)17-11-7-18-2-1-8(11)6-18/h3-5,8,11H,1-2,6-7H2,(H,17,19)/t8-,11?/m0/s1. The van der Waals surface area contributed by atoms with Gasteiger partial charge in [-0.2, -0.15) is 0 Å². The van der Waals surface area contributed by atoms with Gasteiger partial charge in [-0.1, -0.05) is 0 Å². The summed E-state index contributed by atoms with van der Waals surface area (Å²) in [6.07, 6.45) is 3.01. The third-order valence-corrected chi connectivity index (χ3v) is 6.11. The number of carbonyl (C=O) groups excluding carboxylic acids is 1. The van der Waals surface area contributed by atoms with Gasteiger partial charge in [0, 0.05) is 35.4 Å². The summed E-state index contributed by atoms with van der Waals surface area (Å²) in [4.78, 5) is 19.1. The van der Waals surface area contributed by atoms with Crippen molar-refractivity contribution < 1.29 is 4.79 Å². The summed E-state index contributed by atoms with van der Waals surface area (Å²) in [5.74, 6) is 0.597. The average Bonchev–Trinajstić information content (AvgIpc) is 3.10. The Morgan fingerprint density at radius 2 is 2.35 bits per heavy atom. The van der Waals surface area contributed by atoms with E-state index in [2.05, 4.69) is 43.9 Å². The molecule has 2 aromatic heterocycles. The van der Waals surface area contributed by atoms with Crippen molar-refractivity contribution in [3.63, 3.8) is 0 Å². The number of hydrogen-bond donors (Lipinski definition) is 1. The van der Waals surface area contributed by atoms with Gasteiger partial charge in [0.15, 0.2) is 0 Å². The lowest BCUT2D eigenvalue weighted by Gasteiger charge is -2.22. The molecule has 4 nitrogen and oxygen atoms in total. The van der Waals surface area contributed by atoms with Crippen LogP contribution in [0.5, 0.6) is 0 Å². The maximum absolute atomic E-state index is 12.3. The number of nitrogens with zero attached hydrogens (tertiary/aromatic N) is 2. The van der Waals surface area contributed by atoms with E-state index in [-0.39, 0.29) is 5.91 Å². The van der Waals surface area contributed by atoms with Crippen LogP contribution in [0.1, 0.15) is 16.9 Å². The largest absolute Gasteiger partial charge is 0.346 e. The Bertz CT molecular complexity index is 686. The van der Waals surface area contributed by atoms with Crippen LogP contribution in [0.25, 0.3) is 10.1 Å². The molecular weight excluding hydrogens is 385 g/mol. The summed E-state index contributed by atoms with van der Waals surface area (Å²) >= 11 is 4.00. The van der Waals surface area contributed by atoms with Gasteiger partial charge in [0.2, 0.25) is 0 Å². The number of aromatic nitrogens is 1. The predicted molar refractivity (Wildman–Crippen MR) is 88.1 cm³/mol. The van der Waals surface area contributed by atoms with E-state index in [1.165, 1.54) is 15.8 Å². The smallest absolute Gasteiger partial charge is 0.270 e. The number of nitrogens with one attached hydrogen (secondary N) is 1. The zero-order chi connectivity index (χ0) is 13.7. The first kappa shape index (κ1) is 13.0.